The number of amides is 2. The zero-order valence-corrected chi connectivity index (χ0v) is 14.6. The molecule has 24 heavy (non-hydrogen) atoms. The number of anilines is 1. The Morgan fingerprint density at radius 2 is 1.79 bits per heavy atom. The van der Waals surface area contributed by atoms with Crippen LogP contribution in [0.5, 0.6) is 0 Å². The van der Waals surface area contributed by atoms with Crippen LogP contribution in [0.2, 0.25) is 0 Å². The molecule has 2 saturated heterocycles. The number of hydrogen-bond donors (Lipinski definition) is 1. The van der Waals surface area contributed by atoms with Crippen molar-refractivity contribution < 1.29 is 9.59 Å². The van der Waals surface area contributed by atoms with Gasteiger partial charge in [-0.2, -0.15) is 0 Å². The number of hydrogen-bond acceptors (Lipinski definition) is 4. The molecular weight excluding hydrogens is 326 g/mol. The van der Waals surface area contributed by atoms with E-state index < -0.39 is 0 Å². The molecular formula is C18H24ClN3O2. The zero-order valence-electron chi connectivity index (χ0n) is 13.8. The summed E-state index contributed by atoms with van der Waals surface area (Å²) in [6, 6.07) is 8.23. The second-order valence-electron chi connectivity index (χ2n) is 6.47. The summed E-state index contributed by atoms with van der Waals surface area (Å²) in [6.07, 6.45) is 2.06. The highest BCUT2D eigenvalue weighted by molar-refractivity contribution is 6.17. The Bertz CT molecular complexity index is 582. The summed E-state index contributed by atoms with van der Waals surface area (Å²) in [5.41, 5.74) is 2.19. The van der Waals surface area contributed by atoms with Crippen molar-refractivity contribution in [2.75, 3.05) is 43.5 Å². The summed E-state index contributed by atoms with van der Waals surface area (Å²) in [5.74, 6) is 0.179. The summed E-state index contributed by atoms with van der Waals surface area (Å²) in [7, 11) is 0. The lowest BCUT2D eigenvalue weighted by Crippen LogP contribution is -2.46. The Morgan fingerprint density at radius 1 is 1.08 bits per heavy atom. The summed E-state index contributed by atoms with van der Waals surface area (Å²) in [4.78, 5) is 28.0. The number of alkyl halides is 1. The summed E-state index contributed by atoms with van der Waals surface area (Å²) in [5, 5.41) is 2.42. The van der Waals surface area contributed by atoms with Crippen LogP contribution in [0.15, 0.2) is 24.3 Å². The van der Waals surface area contributed by atoms with Gasteiger partial charge in [-0.3, -0.25) is 19.8 Å². The molecule has 0 aliphatic carbocycles. The van der Waals surface area contributed by atoms with E-state index in [9.17, 15) is 9.59 Å². The molecule has 2 fully saturated rings. The van der Waals surface area contributed by atoms with E-state index in [2.05, 4.69) is 27.2 Å². The SMILES string of the molecule is O=C1CCC(c2ccc(N3CCN(CCCCl)CC3)cc2)C(=O)N1. The zero-order chi connectivity index (χ0) is 16.9. The number of nitrogens with one attached hydrogen (secondary N) is 1. The minimum Gasteiger partial charge on any atom is -0.369 e. The minimum absolute atomic E-state index is 0.167. The third-order valence-electron chi connectivity index (χ3n) is 4.88. The molecule has 2 aliphatic rings. The molecule has 0 bridgehead atoms. The van der Waals surface area contributed by atoms with Crippen molar-refractivity contribution in [1.29, 1.82) is 0 Å². The smallest absolute Gasteiger partial charge is 0.234 e. The van der Waals surface area contributed by atoms with Crippen molar-refractivity contribution in [3.8, 4) is 0 Å². The van der Waals surface area contributed by atoms with Gasteiger partial charge in [0.25, 0.3) is 0 Å². The van der Waals surface area contributed by atoms with Crippen molar-refractivity contribution in [2.45, 2.75) is 25.2 Å². The van der Waals surface area contributed by atoms with Crippen LogP contribution in [0.4, 0.5) is 5.69 Å². The standard InChI is InChI=1S/C18H24ClN3O2/c19-8-1-9-21-10-12-22(13-11-21)15-4-2-14(3-5-15)16-6-7-17(23)20-18(16)24/h2-5,16H,1,6-13H2,(H,20,23,24). The van der Waals surface area contributed by atoms with Crippen LogP contribution >= 0.6 is 11.6 Å². The molecule has 2 heterocycles. The van der Waals surface area contributed by atoms with Crippen molar-refractivity contribution in [1.82, 2.24) is 10.2 Å². The maximum absolute atomic E-state index is 12.0. The largest absolute Gasteiger partial charge is 0.369 e. The van der Waals surface area contributed by atoms with Crippen LogP contribution < -0.4 is 10.2 Å². The maximum atomic E-state index is 12.0. The highest BCUT2D eigenvalue weighted by Gasteiger charge is 2.28. The number of rotatable bonds is 5. The first-order valence-corrected chi connectivity index (χ1v) is 9.18. The Morgan fingerprint density at radius 3 is 2.42 bits per heavy atom. The molecule has 2 aliphatic heterocycles. The molecule has 0 aromatic heterocycles. The van der Waals surface area contributed by atoms with Gasteiger partial charge in [-0.25, -0.2) is 0 Å². The van der Waals surface area contributed by atoms with E-state index in [-0.39, 0.29) is 17.7 Å². The lowest BCUT2D eigenvalue weighted by atomic mass is 9.90. The third-order valence-corrected chi connectivity index (χ3v) is 5.15. The van der Waals surface area contributed by atoms with Crippen LogP contribution in [-0.2, 0) is 9.59 Å². The van der Waals surface area contributed by atoms with E-state index in [1.807, 2.05) is 12.1 Å². The average Bonchev–Trinajstić information content (AvgIpc) is 2.61. The first kappa shape index (κ1) is 17.2. The number of benzene rings is 1. The summed E-state index contributed by atoms with van der Waals surface area (Å²) in [6.45, 7) is 5.23. The molecule has 3 rings (SSSR count). The number of imide groups is 1. The Hall–Kier alpha value is -1.59. The Labute approximate surface area is 147 Å². The van der Waals surface area contributed by atoms with E-state index in [1.54, 1.807) is 0 Å². The molecule has 1 N–H and O–H groups in total. The fourth-order valence-corrected chi connectivity index (χ4v) is 3.56. The molecule has 1 aromatic rings. The van der Waals surface area contributed by atoms with Gasteiger partial charge in [-0.05, 0) is 37.1 Å². The van der Waals surface area contributed by atoms with Gasteiger partial charge >= 0.3 is 0 Å². The average molecular weight is 350 g/mol. The van der Waals surface area contributed by atoms with Crippen molar-refractivity contribution in [2.24, 2.45) is 0 Å². The quantitative estimate of drug-likeness (QED) is 0.652. The first-order chi connectivity index (χ1) is 11.7. The van der Waals surface area contributed by atoms with Gasteiger partial charge in [-0.1, -0.05) is 12.1 Å². The number of nitrogens with zero attached hydrogens (tertiary/aromatic N) is 2. The van der Waals surface area contributed by atoms with E-state index in [4.69, 9.17) is 11.6 Å². The number of piperazine rings is 1. The number of halogens is 1. The second kappa shape index (κ2) is 7.99. The lowest BCUT2D eigenvalue weighted by molar-refractivity contribution is -0.134. The fourth-order valence-electron chi connectivity index (χ4n) is 3.44. The third kappa shape index (κ3) is 4.08. The second-order valence-corrected chi connectivity index (χ2v) is 6.84. The fraction of sp³-hybridized carbons (Fsp3) is 0.556. The molecule has 2 amide bonds. The highest BCUT2D eigenvalue weighted by Crippen LogP contribution is 2.27. The molecule has 1 atom stereocenters. The maximum Gasteiger partial charge on any atom is 0.234 e. The van der Waals surface area contributed by atoms with Gasteiger partial charge in [0.15, 0.2) is 0 Å². The topological polar surface area (TPSA) is 52.7 Å². The van der Waals surface area contributed by atoms with E-state index in [0.29, 0.717) is 12.8 Å². The number of carbonyl (C=O) groups is 2. The molecule has 1 unspecified atom stereocenters. The predicted molar refractivity (Wildman–Crippen MR) is 95.6 cm³/mol. The van der Waals surface area contributed by atoms with Crippen LogP contribution in [-0.4, -0.2) is 55.3 Å². The van der Waals surface area contributed by atoms with Gasteiger partial charge in [0.05, 0.1) is 5.92 Å². The number of piperidine rings is 1. The Kier molecular flexibility index (Phi) is 5.74. The van der Waals surface area contributed by atoms with E-state index >= 15 is 0 Å². The van der Waals surface area contributed by atoms with Crippen molar-refractivity contribution in [3.63, 3.8) is 0 Å². The summed E-state index contributed by atoms with van der Waals surface area (Å²) < 4.78 is 0. The monoisotopic (exact) mass is 349 g/mol. The predicted octanol–water partition coefficient (Wildman–Crippen LogP) is 1.96. The van der Waals surface area contributed by atoms with E-state index in [0.717, 1.165) is 50.6 Å². The minimum atomic E-state index is -0.204. The van der Waals surface area contributed by atoms with Crippen molar-refractivity contribution >= 4 is 29.1 Å². The van der Waals surface area contributed by atoms with Gasteiger partial charge in [0.1, 0.15) is 0 Å². The van der Waals surface area contributed by atoms with Gasteiger partial charge in [-0.15, -0.1) is 11.6 Å². The van der Waals surface area contributed by atoms with Crippen LogP contribution in [0.3, 0.4) is 0 Å². The van der Waals surface area contributed by atoms with Gasteiger partial charge in [0.2, 0.25) is 11.8 Å². The number of carbonyl (C=O) groups excluding carboxylic acids is 2. The highest BCUT2D eigenvalue weighted by atomic mass is 35.5. The van der Waals surface area contributed by atoms with Crippen LogP contribution in [0, 0.1) is 0 Å². The molecule has 5 nitrogen and oxygen atoms in total. The molecule has 0 spiro atoms. The molecule has 0 saturated carbocycles. The molecule has 1 aromatic carbocycles. The van der Waals surface area contributed by atoms with Gasteiger partial charge in [0, 0.05) is 44.2 Å². The van der Waals surface area contributed by atoms with Crippen LogP contribution in [0.25, 0.3) is 0 Å². The van der Waals surface area contributed by atoms with Crippen molar-refractivity contribution in [3.05, 3.63) is 29.8 Å². The summed E-state index contributed by atoms with van der Waals surface area (Å²) >= 11 is 5.76. The molecule has 130 valence electrons. The Balaban J connectivity index is 1.57. The van der Waals surface area contributed by atoms with Crippen LogP contribution in [0.1, 0.15) is 30.7 Å². The van der Waals surface area contributed by atoms with E-state index in [1.165, 1.54) is 5.69 Å². The molecule has 6 heteroatoms. The molecule has 0 radical (unpaired) electrons. The van der Waals surface area contributed by atoms with Gasteiger partial charge < -0.3 is 4.90 Å². The lowest BCUT2D eigenvalue weighted by Gasteiger charge is -2.36. The normalized spacial score (nSPS) is 22.5. The first-order valence-electron chi connectivity index (χ1n) is 8.64.